The largest absolute Gasteiger partial charge is 0.455 e. The predicted octanol–water partition coefficient (Wildman–Crippen LogP) is 3.62. The van der Waals surface area contributed by atoms with Gasteiger partial charge in [-0.05, 0) is 44.7 Å². The van der Waals surface area contributed by atoms with Gasteiger partial charge in [-0.1, -0.05) is 40.1 Å². The molecule has 0 heterocycles. The van der Waals surface area contributed by atoms with Crippen LogP contribution in [-0.2, 0) is 13.6 Å². The first-order valence-corrected chi connectivity index (χ1v) is 19.5. The molecule has 4 unspecified atom stereocenters. The molecule has 28 heavy (non-hydrogen) atoms. The molecule has 0 aromatic rings. The molecule has 0 saturated carbocycles. The standard InChI is InChI=1S/C19H42O6Si3/c1-12-17(19(23,16(21)13-20)24-18(22)14(2)3)28(10,11)25-27(8,9)15(4)26(5,6)7/h15-17,20-21,23H,2,12-13H2,1,3-11H3. The van der Waals surface area contributed by atoms with E-state index in [1.165, 1.54) is 6.92 Å². The summed E-state index contributed by atoms with van der Waals surface area (Å²) in [5, 5.41) is 31.7. The molecular weight excluding hydrogens is 408 g/mol. The van der Waals surface area contributed by atoms with Crippen molar-refractivity contribution in [3.05, 3.63) is 12.2 Å². The zero-order chi connectivity index (χ0) is 22.7. The van der Waals surface area contributed by atoms with E-state index in [-0.39, 0.29) is 5.57 Å². The van der Waals surface area contributed by atoms with Crippen LogP contribution in [0.1, 0.15) is 27.2 Å². The molecular formula is C19H42O6Si3. The third kappa shape index (κ3) is 6.61. The third-order valence-corrected chi connectivity index (χ3v) is 21.9. The molecule has 0 aromatic carbocycles. The number of carbonyl (C=O) groups is 1. The number of esters is 1. The van der Waals surface area contributed by atoms with Gasteiger partial charge in [-0.25, -0.2) is 4.79 Å². The maximum atomic E-state index is 12.2. The van der Waals surface area contributed by atoms with E-state index in [9.17, 15) is 20.1 Å². The van der Waals surface area contributed by atoms with Gasteiger partial charge in [0.25, 0.3) is 0 Å². The Bertz CT molecular complexity index is 558. The molecule has 0 rings (SSSR count). The number of carbonyl (C=O) groups excluding carboxylic acids is 1. The molecule has 0 aliphatic rings. The van der Waals surface area contributed by atoms with Crippen LogP contribution >= 0.6 is 0 Å². The van der Waals surface area contributed by atoms with Crippen molar-refractivity contribution < 1.29 is 29.0 Å². The minimum atomic E-state index is -2.67. The lowest BCUT2D eigenvalue weighted by Crippen LogP contribution is -2.62. The summed E-state index contributed by atoms with van der Waals surface area (Å²) in [7, 11) is -6.25. The van der Waals surface area contributed by atoms with Crippen LogP contribution in [0.15, 0.2) is 12.2 Å². The van der Waals surface area contributed by atoms with Crippen molar-refractivity contribution in [3.63, 3.8) is 0 Å². The molecule has 3 N–H and O–H groups in total. The van der Waals surface area contributed by atoms with Crippen LogP contribution in [0.4, 0.5) is 0 Å². The molecule has 0 bridgehead atoms. The van der Waals surface area contributed by atoms with Crippen molar-refractivity contribution in [3.8, 4) is 0 Å². The van der Waals surface area contributed by atoms with Gasteiger partial charge in [-0.2, -0.15) is 0 Å². The van der Waals surface area contributed by atoms with Gasteiger partial charge in [0.2, 0.25) is 5.79 Å². The van der Waals surface area contributed by atoms with Gasteiger partial charge in [0.15, 0.2) is 16.6 Å². The first kappa shape index (κ1) is 27.7. The highest BCUT2D eigenvalue weighted by atomic mass is 28.4. The lowest BCUT2D eigenvalue weighted by atomic mass is 10.0. The number of rotatable bonds is 11. The monoisotopic (exact) mass is 450 g/mol. The molecule has 9 heteroatoms. The molecule has 0 spiro atoms. The van der Waals surface area contributed by atoms with Crippen LogP contribution in [0.25, 0.3) is 0 Å². The Morgan fingerprint density at radius 1 is 1.11 bits per heavy atom. The van der Waals surface area contributed by atoms with Crippen molar-refractivity contribution in [1.82, 2.24) is 0 Å². The fraction of sp³-hybridized carbons (Fsp3) is 0.842. The average molecular weight is 451 g/mol. The topological polar surface area (TPSA) is 96.2 Å². The summed E-state index contributed by atoms with van der Waals surface area (Å²) in [6.07, 6.45) is -1.20. The van der Waals surface area contributed by atoms with Crippen LogP contribution in [0.5, 0.6) is 0 Å². The van der Waals surface area contributed by atoms with Crippen molar-refractivity contribution in [2.75, 3.05) is 6.61 Å². The van der Waals surface area contributed by atoms with Crippen LogP contribution in [0.2, 0.25) is 56.5 Å². The summed E-state index contributed by atoms with van der Waals surface area (Å²) >= 11 is 0. The van der Waals surface area contributed by atoms with Crippen LogP contribution in [-0.4, -0.2) is 64.5 Å². The maximum Gasteiger partial charge on any atom is 0.335 e. The number of hydrogen-bond donors (Lipinski definition) is 3. The second kappa shape index (κ2) is 9.67. The van der Waals surface area contributed by atoms with Crippen LogP contribution in [0.3, 0.4) is 0 Å². The fourth-order valence-corrected chi connectivity index (χ4v) is 21.7. The van der Waals surface area contributed by atoms with E-state index in [0.29, 0.717) is 11.6 Å². The van der Waals surface area contributed by atoms with E-state index < -0.39 is 54.7 Å². The quantitative estimate of drug-likeness (QED) is 0.192. The minimum Gasteiger partial charge on any atom is -0.455 e. The predicted molar refractivity (Wildman–Crippen MR) is 122 cm³/mol. The summed E-state index contributed by atoms with van der Waals surface area (Å²) < 4.78 is 12.1. The zero-order valence-electron chi connectivity index (χ0n) is 19.4. The first-order chi connectivity index (χ1) is 12.4. The highest BCUT2D eigenvalue weighted by Gasteiger charge is 2.56. The van der Waals surface area contributed by atoms with Crippen molar-refractivity contribution in [2.24, 2.45) is 0 Å². The number of aliphatic hydroxyl groups is 3. The van der Waals surface area contributed by atoms with Crippen molar-refractivity contribution >= 4 is 30.7 Å². The van der Waals surface area contributed by atoms with Gasteiger partial charge in [0.1, 0.15) is 6.10 Å². The smallest absolute Gasteiger partial charge is 0.335 e. The molecule has 0 aromatic heterocycles. The number of ether oxygens (including phenoxy) is 1. The molecule has 0 aliphatic carbocycles. The van der Waals surface area contributed by atoms with Gasteiger partial charge in [-0.3, -0.25) is 0 Å². The Morgan fingerprint density at radius 2 is 1.57 bits per heavy atom. The van der Waals surface area contributed by atoms with E-state index in [0.717, 1.165) is 0 Å². The van der Waals surface area contributed by atoms with Gasteiger partial charge >= 0.3 is 5.97 Å². The van der Waals surface area contributed by atoms with Crippen LogP contribution < -0.4 is 0 Å². The summed E-state index contributed by atoms with van der Waals surface area (Å²) in [5.74, 6) is -3.03. The van der Waals surface area contributed by atoms with Crippen LogP contribution in [0, 0.1) is 0 Å². The van der Waals surface area contributed by atoms with Gasteiger partial charge in [-0.15, -0.1) is 0 Å². The number of hydrogen-bond acceptors (Lipinski definition) is 6. The molecule has 0 saturated heterocycles. The summed E-state index contributed by atoms with van der Waals surface area (Å²) in [4.78, 5) is 12.2. The highest BCUT2D eigenvalue weighted by molar-refractivity contribution is 6.97. The molecule has 0 radical (unpaired) electrons. The fourth-order valence-electron chi connectivity index (χ4n) is 3.90. The first-order valence-electron chi connectivity index (χ1n) is 9.97. The Hall–Kier alpha value is -0.299. The van der Waals surface area contributed by atoms with E-state index in [1.807, 2.05) is 20.0 Å². The highest BCUT2D eigenvalue weighted by Crippen LogP contribution is 2.44. The average Bonchev–Trinajstić information content (AvgIpc) is 2.51. The normalized spacial score (nSPS) is 18.8. The molecule has 4 atom stereocenters. The van der Waals surface area contributed by atoms with E-state index in [1.54, 1.807) is 0 Å². The zero-order valence-corrected chi connectivity index (χ0v) is 22.4. The Labute approximate surface area is 174 Å². The SMILES string of the molecule is C=C(C)C(=O)OC(O)(C(O)CO)C(CC)[Si](C)(C)O[Si](C)(C)C(C)[Si](C)(C)C. The van der Waals surface area contributed by atoms with Gasteiger partial charge in [0, 0.05) is 19.2 Å². The summed E-state index contributed by atoms with van der Waals surface area (Å²) in [6, 6.07) is 0. The maximum absolute atomic E-state index is 12.2. The van der Waals surface area contributed by atoms with E-state index in [2.05, 4.69) is 46.2 Å². The second-order valence-electron chi connectivity index (χ2n) is 9.98. The van der Waals surface area contributed by atoms with Gasteiger partial charge < -0.3 is 24.2 Å². The summed E-state index contributed by atoms with van der Waals surface area (Å²) in [5.41, 5.74) is -0.507. The molecule has 0 amide bonds. The lowest BCUT2D eigenvalue weighted by molar-refractivity contribution is -0.254. The Morgan fingerprint density at radius 3 is 1.89 bits per heavy atom. The third-order valence-electron chi connectivity index (χ3n) is 5.87. The summed E-state index contributed by atoms with van der Waals surface area (Å²) in [6.45, 7) is 23.7. The Kier molecular flexibility index (Phi) is 9.57. The van der Waals surface area contributed by atoms with E-state index in [4.69, 9.17) is 8.85 Å². The van der Waals surface area contributed by atoms with Gasteiger partial charge in [0.05, 0.1) is 6.61 Å². The number of aliphatic hydroxyl groups excluding tert-OH is 2. The molecule has 6 nitrogen and oxygen atoms in total. The second-order valence-corrected chi connectivity index (χ2v) is 24.9. The molecule has 0 fully saturated rings. The lowest BCUT2D eigenvalue weighted by Gasteiger charge is -2.49. The van der Waals surface area contributed by atoms with Crippen molar-refractivity contribution in [2.45, 2.75) is 95.6 Å². The Balaban J connectivity index is 6.06. The molecule has 166 valence electrons. The van der Waals surface area contributed by atoms with E-state index >= 15 is 0 Å². The van der Waals surface area contributed by atoms with Crippen molar-refractivity contribution in [1.29, 1.82) is 0 Å². The molecule has 0 aliphatic heterocycles. The minimum absolute atomic E-state index is 0.112.